The van der Waals surface area contributed by atoms with Crippen molar-refractivity contribution in [2.75, 3.05) is 5.88 Å². The van der Waals surface area contributed by atoms with Crippen LogP contribution in [0.25, 0.3) is 5.69 Å². The molecule has 17 heavy (non-hydrogen) atoms. The van der Waals surface area contributed by atoms with Crippen LogP contribution in [-0.2, 0) is 6.42 Å². The Morgan fingerprint density at radius 2 is 2.18 bits per heavy atom. The van der Waals surface area contributed by atoms with Crippen molar-refractivity contribution < 1.29 is 0 Å². The lowest BCUT2D eigenvalue weighted by Gasteiger charge is -2.03. The van der Waals surface area contributed by atoms with Crippen LogP contribution in [0.5, 0.6) is 0 Å². The van der Waals surface area contributed by atoms with E-state index in [1.807, 2.05) is 42.2 Å². The summed E-state index contributed by atoms with van der Waals surface area (Å²) in [5.41, 5.74) is 3.25. The third-order valence-corrected chi connectivity index (χ3v) is 3.33. The summed E-state index contributed by atoms with van der Waals surface area (Å²) in [5.74, 6) is 0.682. The summed E-state index contributed by atoms with van der Waals surface area (Å²) in [6, 6.07) is 5.94. The molecule has 0 aliphatic heterocycles. The van der Waals surface area contributed by atoms with Crippen LogP contribution >= 0.6 is 23.2 Å². The highest BCUT2D eigenvalue weighted by atomic mass is 35.5. The van der Waals surface area contributed by atoms with E-state index in [0.29, 0.717) is 5.88 Å². The number of nitrogens with zero attached hydrogens (tertiary/aromatic N) is 2. The van der Waals surface area contributed by atoms with Gasteiger partial charge in [-0.3, -0.25) is 0 Å². The highest BCUT2D eigenvalue weighted by molar-refractivity contribution is 6.31. The van der Waals surface area contributed by atoms with Crippen molar-refractivity contribution in [3.05, 3.63) is 46.7 Å². The minimum absolute atomic E-state index is 0.682. The van der Waals surface area contributed by atoms with Gasteiger partial charge < -0.3 is 0 Å². The molecule has 2 nitrogen and oxygen atoms in total. The summed E-state index contributed by atoms with van der Waals surface area (Å²) in [7, 11) is 0. The van der Waals surface area contributed by atoms with E-state index in [4.69, 9.17) is 23.2 Å². The number of halogens is 2. The lowest BCUT2D eigenvalue weighted by atomic mass is 10.2. The maximum Gasteiger partial charge on any atom is 0.0660 e. The topological polar surface area (TPSA) is 17.8 Å². The number of alkyl halides is 1. The lowest BCUT2D eigenvalue weighted by molar-refractivity contribution is 0.877. The maximum absolute atomic E-state index is 6.10. The van der Waals surface area contributed by atoms with Gasteiger partial charge in [-0.25, -0.2) is 4.68 Å². The van der Waals surface area contributed by atoms with Gasteiger partial charge in [0.15, 0.2) is 0 Å². The third kappa shape index (κ3) is 3.02. The van der Waals surface area contributed by atoms with Gasteiger partial charge in [0.2, 0.25) is 0 Å². The molecular formula is C13H14Cl2N2. The van der Waals surface area contributed by atoms with Crippen LogP contribution in [0, 0.1) is 6.92 Å². The largest absolute Gasteiger partial charge is 0.241 e. The van der Waals surface area contributed by atoms with E-state index >= 15 is 0 Å². The molecule has 90 valence electrons. The Morgan fingerprint density at radius 3 is 2.88 bits per heavy atom. The van der Waals surface area contributed by atoms with Gasteiger partial charge in [0.05, 0.1) is 11.9 Å². The van der Waals surface area contributed by atoms with Crippen molar-refractivity contribution in [1.82, 2.24) is 9.78 Å². The zero-order valence-electron chi connectivity index (χ0n) is 9.66. The Bertz CT molecular complexity index is 506. The summed E-state index contributed by atoms with van der Waals surface area (Å²) >= 11 is 11.8. The Hall–Kier alpha value is -0.990. The summed E-state index contributed by atoms with van der Waals surface area (Å²) < 4.78 is 1.84. The first kappa shape index (κ1) is 12.5. The van der Waals surface area contributed by atoms with E-state index in [0.717, 1.165) is 29.1 Å². The second kappa shape index (κ2) is 5.56. The number of hydrogen-bond donors (Lipinski definition) is 0. The van der Waals surface area contributed by atoms with E-state index in [9.17, 15) is 0 Å². The Balaban J connectivity index is 2.21. The van der Waals surface area contributed by atoms with Crippen molar-refractivity contribution in [3.8, 4) is 5.69 Å². The summed E-state index contributed by atoms with van der Waals surface area (Å²) in [6.07, 6.45) is 5.83. The maximum atomic E-state index is 6.10. The molecule has 2 aromatic rings. The zero-order chi connectivity index (χ0) is 12.3. The first-order valence-corrected chi connectivity index (χ1v) is 6.48. The van der Waals surface area contributed by atoms with Crippen LogP contribution in [0.3, 0.4) is 0 Å². The van der Waals surface area contributed by atoms with E-state index in [1.54, 1.807) is 0 Å². The molecule has 0 aliphatic carbocycles. The Labute approximate surface area is 111 Å². The lowest BCUT2D eigenvalue weighted by Crippen LogP contribution is -1.94. The highest BCUT2D eigenvalue weighted by Crippen LogP contribution is 2.19. The number of hydrogen-bond acceptors (Lipinski definition) is 1. The van der Waals surface area contributed by atoms with Crippen LogP contribution < -0.4 is 0 Å². The molecule has 0 aliphatic rings. The standard InChI is InChI=1S/C13H14Cl2N2/c1-10-4-5-12(7-13(10)15)17-9-11(8-16-17)3-2-6-14/h4-5,7-9H,2-3,6H2,1H3. The van der Waals surface area contributed by atoms with Gasteiger partial charge in [-0.1, -0.05) is 17.7 Å². The van der Waals surface area contributed by atoms with Crippen LogP contribution in [0.15, 0.2) is 30.6 Å². The van der Waals surface area contributed by atoms with Crippen molar-refractivity contribution in [2.24, 2.45) is 0 Å². The van der Waals surface area contributed by atoms with Crippen molar-refractivity contribution in [3.63, 3.8) is 0 Å². The SMILES string of the molecule is Cc1ccc(-n2cc(CCCCl)cn2)cc1Cl. The molecule has 1 aromatic heterocycles. The number of benzene rings is 1. The fourth-order valence-electron chi connectivity index (χ4n) is 1.63. The molecule has 1 aromatic carbocycles. The highest BCUT2D eigenvalue weighted by Gasteiger charge is 2.03. The van der Waals surface area contributed by atoms with Gasteiger partial charge in [0.1, 0.15) is 0 Å². The van der Waals surface area contributed by atoms with Crippen LogP contribution in [-0.4, -0.2) is 15.7 Å². The number of rotatable bonds is 4. The summed E-state index contributed by atoms with van der Waals surface area (Å²) in [5, 5.41) is 5.09. The average molecular weight is 269 g/mol. The van der Waals surface area contributed by atoms with Gasteiger partial charge in [0.25, 0.3) is 0 Å². The monoisotopic (exact) mass is 268 g/mol. The van der Waals surface area contributed by atoms with Crippen LogP contribution in [0.2, 0.25) is 5.02 Å². The Kier molecular flexibility index (Phi) is 4.08. The van der Waals surface area contributed by atoms with E-state index < -0.39 is 0 Å². The summed E-state index contributed by atoms with van der Waals surface area (Å²) in [6.45, 7) is 1.99. The normalized spacial score (nSPS) is 10.8. The minimum atomic E-state index is 0.682. The number of aromatic nitrogens is 2. The van der Waals surface area contributed by atoms with E-state index in [-0.39, 0.29) is 0 Å². The smallest absolute Gasteiger partial charge is 0.0660 e. The van der Waals surface area contributed by atoms with Gasteiger partial charge >= 0.3 is 0 Å². The molecule has 0 unspecified atom stereocenters. The molecule has 0 saturated carbocycles. The number of aryl methyl sites for hydroxylation is 2. The van der Waals surface area contributed by atoms with Gasteiger partial charge in [-0.2, -0.15) is 5.10 Å². The molecule has 2 rings (SSSR count). The molecule has 0 radical (unpaired) electrons. The fraction of sp³-hybridized carbons (Fsp3) is 0.308. The van der Waals surface area contributed by atoms with Crippen molar-refractivity contribution >= 4 is 23.2 Å². The second-order valence-electron chi connectivity index (χ2n) is 4.02. The first-order valence-electron chi connectivity index (χ1n) is 5.57. The molecule has 0 N–H and O–H groups in total. The molecule has 1 heterocycles. The summed E-state index contributed by atoms with van der Waals surface area (Å²) in [4.78, 5) is 0. The quantitative estimate of drug-likeness (QED) is 0.767. The molecule has 4 heteroatoms. The molecule has 0 amide bonds. The third-order valence-electron chi connectivity index (χ3n) is 2.66. The average Bonchev–Trinajstić information content (AvgIpc) is 2.79. The van der Waals surface area contributed by atoms with Crippen molar-refractivity contribution in [2.45, 2.75) is 19.8 Å². The van der Waals surface area contributed by atoms with E-state index in [1.165, 1.54) is 5.56 Å². The molecular weight excluding hydrogens is 255 g/mol. The van der Waals surface area contributed by atoms with Gasteiger partial charge in [0, 0.05) is 17.1 Å². The molecule has 0 bridgehead atoms. The predicted octanol–water partition coefficient (Wildman–Crippen LogP) is 4.01. The molecule has 0 atom stereocenters. The fourth-order valence-corrected chi connectivity index (χ4v) is 1.93. The zero-order valence-corrected chi connectivity index (χ0v) is 11.2. The van der Waals surface area contributed by atoms with Gasteiger partial charge in [-0.05, 0) is 43.0 Å². The first-order chi connectivity index (χ1) is 8.20. The molecule has 0 fully saturated rings. The molecule has 0 spiro atoms. The Morgan fingerprint density at radius 1 is 1.35 bits per heavy atom. The van der Waals surface area contributed by atoms with E-state index in [2.05, 4.69) is 5.10 Å². The van der Waals surface area contributed by atoms with Crippen molar-refractivity contribution in [1.29, 1.82) is 0 Å². The van der Waals surface area contributed by atoms with Gasteiger partial charge in [-0.15, -0.1) is 11.6 Å². The minimum Gasteiger partial charge on any atom is -0.241 e. The predicted molar refractivity (Wildman–Crippen MR) is 72.4 cm³/mol. The van der Waals surface area contributed by atoms with Crippen LogP contribution in [0.1, 0.15) is 17.5 Å². The van der Waals surface area contributed by atoms with Crippen LogP contribution in [0.4, 0.5) is 0 Å². The second-order valence-corrected chi connectivity index (χ2v) is 4.80. The molecule has 0 saturated heterocycles.